The standard InChI is InChI=1S/C24H25FN4O3/c1-16-4-3-5-19(14-16)32-24-22(26-10-11-27-24)29-12-8-17(9-13-29)23(30)28-18-6-7-21(31-2)20(25)15-18/h3-7,10-11,14-15,17H,8-9,12-13H2,1-2H3,(H,28,30). The molecule has 1 aromatic heterocycles. The highest BCUT2D eigenvalue weighted by Gasteiger charge is 2.27. The van der Waals surface area contributed by atoms with Crippen LogP contribution in [0.5, 0.6) is 17.4 Å². The Kier molecular flexibility index (Phi) is 6.49. The first-order valence-corrected chi connectivity index (χ1v) is 10.5. The number of hydrogen-bond donors (Lipinski definition) is 1. The van der Waals surface area contributed by atoms with Crippen molar-refractivity contribution >= 4 is 17.4 Å². The zero-order chi connectivity index (χ0) is 22.5. The van der Waals surface area contributed by atoms with Gasteiger partial charge in [-0.25, -0.2) is 14.4 Å². The summed E-state index contributed by atoms with van der Waals surface area (Å²) < 4.78 is 24.8. The average molecular weight is 436 g/mol. The molecule has 4 rings (SSSR count). The summed E-state index contributed by atoms with van der Waals surface area (Å²) >= 11 is 0. The van der Waals surface area contributed by atoms with Gasteiger partial charge in [0, 0.05) is 43.2 Å². The molecule has 0 unspecified atom stereocenters. The number of ether oxygens (including phenoxy) is 2. The number of nitrogens with zero attached hydrogens (tertiary/aromatic N) is 3. The Bertz CT molecular complexity index is 1100. The molecule has 0 spiro atoms. The molecule has 1 N–H and O–H groups in total. The molecule has 3 aromatic rings. The lowest BCUT2D eigenvalue weighted by Crippen LogP contribution is -2.38. The minimum atomic E-state index is -0.510. The van der Waals surface area contributed by atoms with Gasteiger partial charge in [0.2, 0.25) is 5.91 Å². The van der Waals surface area contributed by atoms with Gasteiger partial charge < -0.3 is 19.7 Å². The number of anilines is 2. The van der Waals surface area contributed by atoms with E-state index >= 15 is 0 Å². The predicted octanol–water partition coefficient (Wildman–Crippen LogP) is 4.58. The number of benzene rings is 2. The molecule has 7 nitrogen and oxygen atoms in total. The second-order valence-electron chi connectivity index (χ2n) is 7.70. The summed E-state index contributed by atoms with van der Waals surface area (Å²) in [6.45, 7) is 3.27. The Hall–Kier alpha value is -3.68. The number of piperidine rings is 1. The highest BCUT2D eigenvalue weighted by Crippen LogP contribution is 2.31. The maximum atomic E-state index is 13.9. The lowest BCUT2D eigenvalue weighted by Gasteiger charge is -2.32. The van der Waals surface area contributed by atoms with Gasteiger partial charge in [-0.3, -0.25) is 4.79 Å². The van der Waals surface area contributed by atoms with Crippen molar-refractivity contribution in [3.63, 3.8) is 0 Å². The van der Waals surface area contributed by atoms with Crippen molar-refractivity contribution in [1.29, 1.82) is 0 Å². The van der Waals surface area contributed by atoms with Gasteiger partial charge in [-0.05, 0) is 49.6 Å². The Labute approximate surface area is 186 Å². The molecule has 0 atom stereocenters. The van der Waals surface area contributed by atoms with E-state index < -0.39 is 5.82 Å². The topological polar surface area (TPSA) is 76.6 Å². The first-order valence-electron chi connectivity index (χ1n) is 10.5. The molecular formula is C24H25FN4O3. The monoisotopic (exact) mass is 436 g/mol. The number of carbonyl (C=O) groups is 1. The van der Waals surface area contributed by atoms with E-state index in [1.54, 1.807) is 18.5 Å². The highest BCUT2D eigenvalue weighted by molar-refractivity contribution is 5.92. The second-order valence-corrected chi connectivity index (χ2v) is 7.70. The third-order valence-electron chi connectivity index (χ3n) is 5.44. The predicted molar refractivity (Wildman–Crippen MR) is 120 cm³/mol. The molecule has 32 heavy (non-hydrogen) atoms. The fraction of sp³-hybridized carbons (Fsp3) is 0.292. The molecule has 0 radical (unpaired) electrons. The van der Waals surface area contributed by atoms with Crippen molar-refractivity contribution in [2.24, 2.45) is 5.92 Å². The van der Waals surface area contributed by atoms with Crippen LogP contribution in [0.15, 0.2) is 54.9 Å². The Balaban J connectivity index is 1.38. The Morgan fingerprint density at radius 2 is 1.91 bits per heavy atom. The molecular weight excluding hydrogens is 411 g/mol. The number of carbonyl (C=O) groups excluding carboxylic acids is 1. The number of rotatable bonds is 6. The largest absolute Gasteiger partial charge is 0.494 e. The molecule has 8 heteroatoms. The summed E-state index contributed by atoms with van der Waals surface area (Å²) in [7, 11) is 1.40. The zero-order valence-electron chi connectivity index (χ0n) is 18.0. The summed E-state index contributed by atoms with van der Waals surface area (Å²) in [6, 6.07) is 12.1. The van der Waals surface area contributed by atoms with E-state index in [1.165, 1.54) is 19.2 Å². The van der Waals surface area contributed by atoms with E-state index in [0.717, 1.165) is 5.56 Å². The van der Waals surface area contributed by atoms with Gasteiger partial charge in [-0.15, -0.1) is 0 Å². The smallest absolute Gasteiger partial charge is 0.263 e. The maximum absolute atomic E-state index is 13.9. The van der Waals surface area contributed by atoms with Crippen LogP contribution < -0.4 is 19.7 Å². The third-order valence-corrected chi connectivity index (χ3v) is 5.44. The first kappa shape index (κ1) is 21.5. The molecule has 1 saturated heterocycles. The molecule has 1 fully saturated rings. The Morgan fingerprint density at radius 3 is 2.62 bits per heavy atom. The number of nitrogens with one attached hydrogen (secondary N) is 1. The van der Waals surface area contributed by atoms with Crippen molar-refractivity contribution in [1.82, 2.24) is 9.97 Å². The maximum Gasteiger partial charge on any atom is 0.263 e. The lowest BCUT2D eigenvalue weighted by atomic mass is 9.96. The summed E-state index contributed by atoms with van der Waals surface area (Å²) in [5.41, 5.74) is 1.51. The van der Waals surface area contributed by atoms with Crippen LogP contribution in [0.4, 0.5) is 15.9 Å². The second kappa shape index (κ2) is 9.64. The lowest BCUT2D eigenvalue weighted by molar-refractivity contribution is -0.120. The van der Waals surface area contributed by atoms with Crippen molar-refractivity contribution in [3.05, 3.63) is 66.2 Å². The van der Waals surface area contributed by atoms with Gasteiger partial charge in [-0.1, -0.05) is 12.1 Å². The van der Waals surface area contributed by atoms with Gasteiger partial charge in [0.05, 0.1) is 7.11 Å². The number of halogens is 1. The molecule has 1 amide bonds. The highest BCUT2D eigenvalue weighted by atomic mass is 19.1. The zero-order valence-corrected chi connectivity index (χ0v) is 18.0. The van der Waals surface area contributed by atoms with Gasteiger partial charge >= 0.3 is 0 Å². The molecule has 2 aromatic carbocycles. The molecule has 0 saturated carbocycles. The van der Waals surface area contributed by atoms with Crippen LogP contribution in [-0.2, 0) is 4.79 Å². The van der Waals surface area contributed by atoms with Gasteiger partial charge in [-0.2, -0.15) is 0 Å². The van der Waals surface area contributed by atoms with Gasteiger partial charge in [0.25, 0.3) is 5.88 Å². The minimum Gasteiger partial charge on any atom is -0.494 e. The van der Waals surface area contributed by atoms with Gasteiger partial charge in [0.15, 0.2) is 17.4 Å². The quantitative estimate of drug-likeness (QED) is 0.610. The van der Waals surface area contributed by atoms with E-state index in [9.17, 15) is 9.18 Å². The van der Waals surface area contributed by atoms with Crippen LogP contribution in [0.2, 0.25) is 0 Å². The van der Waals surface area contributed by atoms with E-state index in [2.05, 4.69) is 20.2 Å². The van der Waals surface area contributed by atoms with Crippen LogP contribution in [-0.4, -0.2) is 36.1 Å². The Morgan fingerprint density at radius 1 is 1.12 bits per heavy atom. The molecule has 166 valence electrons. The summed E-state index contributed by atoms with van der Waals surface area (Å²) in [6.07, 6.45) is 4.52. The molecule has 1 aliphatic rings. The SMILES string of the molecule is COc1ccc(NC(=O)C2CCN(c3nccnc3Oc3cccc(C)c3)CC2)cc1F. The normalized spacial score (nSPS) is 14.2. The number of aryl methyl sites for hydroxylation is 1. The van der Waals surface area contributed by atoms with Crippen LogP contribution in [0.1, 0.15) is 18.4 Å². The van der Waals surface area contributed by atoms with Crippen molar-refractivity contribution in [2.75, 3.05) is 30.4 Å². The van der Waals surface area contributed by atoms with Crippen LogP contribution in [0.3, 0.4) is 0 Å². The summed E-state index contributed by atoms with van der Waals surface area (Å²) in [5, 5.41) is 2.80. The number of aromatic nitrogens is 2. The fourth-order valence-corrected chi connectivity index (χ4v) is 3.74. The van der Waals surface area contributed by atoms with Crippen LogP contribution in [0, 0.1) is 18.7 Å². The van der Waals surface area contributed by atoms with E-state index in [1.807, 2.05) is 31.2 Å². The van der Waals surface area contributed by atoms with Crippen LogP contribution >= 0.6 is 0 Å². The first-order chi connectivity index (χ1) is 15.5. The van der Waals surface area contributed by atoms with E-state index in [-0.39, 0.29) is 17.6 Å². The summed E-state index contributed by atoms with van der Waals surface area (Å²) in [4.78, 5) is 23.6. The number of hydrogen-bond acceptors (Lipinski definition) is 6. The average Bonchev–Trinajstić information content (AvgIpc) is 2.80. The van der Waals surface area contributed by atoms with Gasteiger partial charge in [0.1, 0.15) is 5.75 Å². The van der Waals surface area contributed by atoms with E-state index in [0.29, 0.717) is 49.1 Å². The molecule has 0 aliphatic carbocycles. The molecule has 0 bridgehead atoms. The van der Waals surface area contributed by atoms with E-state index in [4.69, 9.17) is 9.47 Å². The number of amides is 1. The number of methoxy groups -OCH3 is 1. The van der Waals surface area contributed by atoms with Crippen molar-refractivity contribution in [2.45, 2.75) is 19.8 Å². The molecule has 2 heterocycles. The summed E-state index contributed by atoms with van der Waals surface area (Å²) in [5.74, 6) is 1.14. The molecule has 1 aliphatic heterocycles. The fourth-order valence-electron chi connectivity index (χ4n) is 3.74. The minimum absolute atomic E-state index is 0.121. The van der Waals surface area contributed by atoms with Crippen molar-refractivity contribution < 1.29 is 18.7 Å². The van der Waals surface area contributed by atoms with Crippen LogP contribution in [0.25, 0.3) is 0 Å². The third kappa shape index (κ3) is 4.96. The van der Waals surface area contributed by atoms with Crippen molar-refractivity contribution in [3.8, 4) is 17.4 Å².